The van der Waals surface area contributed by atoms with Gasteiger partial charge in [0.25, 0.3) is 0 Å². The summed E-state index contributed by atoms with van der Waals surface area (Å²) in [5, 5.41) is 2.93. The fourth-order valence-electron chi connectivity index (χ4n) is 2.51. The quantitative estimate of drug-likeness (QED) is 0.868. The minimum atomic E-state index is -0.428. The molecule has 1 unspecified atom stereocenters. The van der Waals surface area contributed by atoms with Crippen LogP contribution in [0.5, 0.6) is 5.75 Å². The fourth-order valence-corrected chi connectivity index (χ4v) is 2.51. The molecule has 0 aromatic heterocycles. The zero-order valence-electron chi connectivity index (χ0n) is 11.9. The van der Waals surface area contributed by atoms with Crippen LogP contribution in [-0.2, 0) is 4.79 Å². The number of nitrogens with one attached hydrogen (secondary N) is 1. The van der Waals surface area contributed by atoms with Crippen molar-refractivity contribution in [2.75, 3.05) is 13.7 Å². The Bertz CT molecular complexity index is 495. The molecular weight excluding hydrogens is 259 g/mol. The molecular formula is C15H21FN2O2. The third kappa shape index (κ3) is 2.63. The molecule has 4 nitrogen and oxygen atoms in total. The van der Waals surface area contributed by atoms with Gasteiger partial charge in [-0.1, -0.05) is 12.5 Å². The van der Waals surface area contributed by atoms with Crippen LogP contribution in [0.1, 0.15) is 37.8 Å². The Morgan fingerprint density at radius 1 is 1.55 bits per heavy atom. The van der Waals surface area contributed by atoms with Crippen molar-refractivity contribution < 1.29 is 13.9 Å². The molecule has 1 aromatic rings. The van der Waals surface area contributed by atoms with Crippen LogP contribution < -0.4 is 15.8 Å². The van der Waals surface area contributed by atoms with Crippen molar-refractivity contribution in [1.82, 2.24) is 5.32 Å². The Balaban J connectivity index is 2.06. The van der Waals surface area contributed by atoms with Gasteiger partial charge >= 0.3 is 0 Å². The number of halogens is 1. The van der Waals surface area contributed by atoms with Crippen LogP contribution >= 0.6 is 0 Å². The smallest absolute Gasteiger partial charge is 0.227 e. The number of methoxy groups -OCH3 is 1. The highest BCUT2D eigenvalue weighted by molar-refractivity contribution is 5.84. The van der Waals surface area contributed by atoms with Gasteiger partial charge in [-0.25, -0.2) is 4.39 Å². The van der Waals surface area contributed by atoms with Gasteiger partial charge in [0.15, 0.2) is 11.6 Å². The van der Waals surface area contributed by atoms with E-state index in [1.807, 2.05) is 6.92 Å². The van der Waals surface area contributed by atoms with Crippen LogP contribution in [0.3, 0.4) is 0 Å². The van der Waals surface area contributed by atoms with Crippen LogP contribution in [0.2, 0.25) is 0 Å². The predicted octanol–water partition coefficient (Wildman–Crippen LogP) is 2.14. The van der Waals surface area contributed by atoms with E-state index in [0.717, 1.165) is 19.3 Å². The molecule has 1 fully saturated rings. The van der Waals surface area contributed by atoms with E-state index in [-0.39, 0.29) is 17.7 Å². The van der Waals surface area contributed by atoms with Crippen LogP contribution in [0, 0.1) is 11.2 Å². The zero-order chi connectivity index (χ0) is 14.8. The Labute approximate surface area is 118 Å². The molecule has 1 aliphatic carbocycles. The van der Waals surface area contributed by atoms with E-state index in [1.165, 1.54) is 13.2 Å². The summed E-state index contributed by atoms with van der Waals surface area (Å²) < 4.78 is 18.5. The third-order valence-electron chi connectivity index (χ3n) is 4.21. The van der Waals surface area contributed by atoms with Gasteiger partial charge in [-0.2, -0.15) is 0 Å². The fraction of sp³-hybridized carbons (Fsp3) is 0.533. The van der Waals surface area contributed by atoms with Crippen LogP contribution in [-0.4, -0.2) is 19.6 Å². The standard InChI is InChI=1S/C15H21FN2O2/c1-10(11-4-5-13(20-2)12(16)8-11)18-14(19)15(9-17)6-3-7-15/h4-5,8,10H,3,6-7,9,17H2,1-2H3,(H,18,19). The molecule has 20 heavy (non-hydrogen) atoms. The number of rotatable bonds is 5. The zero-order valence-corrected chi connectivity index (χ0v) is 11.9. The average molecular weight is 280 g/mol. The summed E-state index contributed by atoms with van der Waals surface area (Å²) >= 11 is 0. The first-order valence-electron chi connectivity index (χ1n) is 6.87. The Kier molecular flexibility index (Phi) is 4.28. The minimum absolute atomic E-state index is 0.0324. The molecule has 3 N–H and O–H groups in total. The Hall–Kier alpha value is -1.62. The maximum atomic E-state index is 13.7. The SMILES string of the molecule is COc1ccc(C(C)NC(=O)C2(CN)CCC2)cc1F. The molecule has 0 spiro atoms. The second-order valence-corrected chi connectivity index (χ2v) is 5.43. The summed E-state index contributed by atoms with van der Waals surface area (Å²) in [5.74, 6) is -0.261. The predicted molar refractivity (Wildman–Crippen MR) is 74.8 cm³/mol. The van der Waals surface area contributed by atoms with E-state index in [1.54, 1.807) is 12.1 Å². The van der Waals surface area contributed by atoms with E-state index >= 15 is 0 Å². The average Bonchev–Trinajstić information content (AvgIpc) is 2.37. The van der Waals surface area contributed by atoms with Crippen LogP contribution in [0.15, 0.2) is 18.2 Å². The summed E-state index contributed by atoms with van der Waals surface area (Å²) in [7, 11) is 1.42. The lowest BCUT2D eigenvalue weighted by atomic mass is 9.68. The normalized spacial score (nSPS) is 18.0. The topological polar surface area (TPSA) is 64.3 Å². The minimum Gasteiger partial charge on any atom is -0.494 e. The van der Waals surface area contributed by atoms with Gasteiger partial charge in [0.2, 0.25) is 5.91 Å². The van der Waals surface area contributed by atoms with Gasteiger partial charge in [0, 0.05) is 6.54 Å². The largest absolute Gasteiger partial charge is 0.494 e. The number of hydrogen-bond acceptors (Lipinski definition) is 3. The molecule has 0 bridgehead atoms. The first-order chi connectivity index (χ1) is 9.52. The highest BCUT2D eigenvalue weighted by Gasteiger charge is 2.43. The molecule has 110 valence electrons. The maximum absolute atomic E-state index is 13.7. The van der Waals surface area contributed by atoms with Crippen molar-refractivity contribution in [1.29, 1.82) is 0 Å². The van der Waals surface area contributed by atoms with Crippen molar-refractivity contribution in [3.05, 3.63) is 29.6 Å². The molecule has 1 atom stereocenters. The number of nitrogens with two attached hydrogens (primary N) is 1. The highest BCUT2D eigenvalue weighted by atomic mass is 19.1. The number of benzene rings is 1. The van der Waals surface area contributed by atoms with Gasteiger partial charge in [0.1, 0.15) is 0 Å². The van der Waals surface area contributed by atoms with Crippen molar-refractivity contribution in [2.24, 2.45) is 11.1 Å². The van der Waals surface area contributed by atoms with Gasteiger partial charge in [-0.15, -0.1) is 0 Å². The molecule has 1 aliphatic rings. The second-order valence-electron chi connectivity index (χ2n) is 5.43. The molecule has 0 aliphatic heterocycles. The van der Waals surface area contributed by atoms with Crippen molar-refractivity contribution in [3.63, 3.8) is 0 Å². The maximum Gasteiger partial charge on any atom is 0.227 e. The number of hydrogen-bond donors (Lipinski definition) is 2. The number of carbonyl (C=O) groups excluding carboxylic acids is 1. The molecule has 5 heteroatoms. The second kappa shape index (κ2) is 5.79. The number of carbonyl (C=O) groups is 1. The summed E-state index contributed by atoms with van der Waals surface area (Å²) in [6.45, 7) is 2.20. The van der Waals surface area contributed by atoms with E-state index in [9.17, 15) is 9.18 Å². The van der Waals surface area contributed by atoms with E-state index < -0.39 is 11.2 Å². The van der Waals surface area contributed by atoms with Gasteiger partial charge < -0.3 is 15.8 Å². The van der Waals surface area contributed by atoms with Crippen LogP contribution in [0.4, 0.5) is 4.39 Å². The molecule has 2 rings (SSSR count). The van der Waals surface area contributed by atoms with Crippen molar-refractivity contribution in [3.8, 4) is 5.75 Å². The lowest BCUT2D eigenvalue weighted by molar-refractivity contribution is -0.135. The summed E-state index contributed by atoms with van der Waals surface area (Å²) in [5.41, 5.74) is 6.00. The molecule has 0 radical (unpaired) electrons. The van der Waals surface area contributed by atoms with E-state index in [0.29, 0.717) is 12.1 Å². The monoisotopic (exact) mass is 280 g/mol. The van der Waals surface area contributed by atoms with E-state index in [2.05, 4.69) is 5.32 Å². The van der Waals surface area contributed by atoms with Crippen LogP contribution in [0.25, 0.3) is 0 Å². The molecule has 1 amide bonds. The Morgan fingerprint density at radius 3 is 2.70 bits per heavy atom. The summed E-state index contributed by atoms with van der Waals surface area (Å²) in [4.78, 5) is 12.3. The first-order valence-corrected chi connectivity index (χ1v) is 6.87. The molecule has 1 saturated carbocycles. The van der Waals surface area contributed by atoms with Gasteiger partial charge in [-0.3, -0.25) is 4.79 Å². The van der Waals surface area contributed by atoms with Gasteiger partial charge in [0.05, 0.1) is 18.6 Å². The summed E-state index contributed by atoms with van der Waals surface area (Å²) in [6.07, 6.45) is 2.70. The first kappa shape index (κ1) is 14.8. The lowest BCUT2D eigenvalue weighted by Crippen LogP contribution is -2.50. The lowest BCUT2D eigenvalue weighted by Gasteiger charge is -2.39. The van der Waals surface area contributed by atoms with E-state index in [4.69, 9.17) is 10.5 Å². The highest BCUT2D eigenvalue weighted by Crippen LogP contribution is 2.40. The number of ether oxygens (including phenoxy) is 1. The number of amides is 1. The molecule has 0 heterocycles. The summed E-state index contributed by atoms with van der Waals surface area (Å²) in [6, 6.07) is 4.45. The van der Waals surface area contributed by atoms with Crippen molar-refractivity contribution >= 4 is 5.91 Å². The third-order valence-corrected chi connectivity index (χ3v) is 4.21. The van der Waals surface area contributed by atoms with Gasteiger partial charge in [-0.05, 0) is 37.5 Å². The molecule has 1 aromatic carbocycles. The molecule has 0 saturated heterocycles. The van der Waals surface area contributed by atoms with Crippen molar-refractivity contribution in [2.45, 2.75) is 32.2 Å². The Morgan fingerprint density at radius 2 is 2.25 bits per heavy atom.